The summed E-state index contributed by atoms with van der Waals surface area (Å²) in [6, 6.07) is 4.72. The van der Waals surface area contributed by atoms with Gasteiger partial charge in [0.25, 0.3) is 0 Å². The van der Waals surface area contributed by atoms with Crippen molar-refractivity contribution in [2.45, 2.75) is 39.7 Å². The standard InChI is InChI=1S/C21H28N2/c1-5-11-22-15-19-12-17(7-3)18(8-4)13-20(19)21-10-9-16(6-2)14-23-21/h5-6,10,12-14,22-23H,1-2,7-9,11,15H2,3-4H3. The summed E-state index contributed by atoms with van der Waals surface area (Å²) in [4.78, 5) is 0. The molecule has 1 aliphatic heterocycles. The Balaban J connectivity index is 2.36. The van der Waals surface area contributed by atoms with E-state index in [1.807, 2.05) is 12.2 Å². The predicted octanol–water partition coefficient (Wildman–Crippen LogP) is 4.49. The highest BCUT2D eigenvalue weighted by Crippen LogP contribution is 2.26. The van der Waals surface area contributed by atoms with Crippen LogP contribution in [-0.2, 0) is 19.4 Å². The number of rotatable bonds is 8. The molecule has 1 aromatic carbocycles. The van der Waals surface area contributed by atoms with E-state index < -0.39 is 0 Å². The Morgan fingerprint density at radius 1 is 1.13 bits per heavy atom. The zero-order valence-electron chi connectivity index (χ0n) is 14.4. The predicted molar refractivity (Wildman–Crippen MR) is 101 cm³/mol. The van der Waals surface area contributed by atoms with Gasteiger partial charge in [-0.15, -0.1) is 6.58 Å². The van der Waals surface area contributed by atoms with Gasteiger partial charge in [0.1, 0.15) is 0 Å². The van der Waals surface area contributed by atoms with Crippen molar-refractivity contribution in [3.8, 4) is 0 Å². The lowest BCUT2D eigenvalue weighted by Crippen LogP contribution is -2.17. The molecular weight excluding hydrogens is 280 g/mol. The van der Waals surface area contributed by atoms with E-state index in [1.54, 1.807) is 0 Å². The van der Waals surface area contributed by atoms with Crippen molar-refractivity contribution in [3.05, 3.63) is 77.5 Å². The summed E-state index contributed by atoms with van der Waals surface area (Å²) in [7, 11) is 0. The minimum absolute atomic E-state index is 0.823. The average molecular weight is 308 g/mol. The number of hydrogen-bond donors (Lipinski definition) is 2. The van der Waals surface area contributed by atoms with Crippen LogP contribution in [0.2, 0.25) is 0 Å². The van der Waals surface area contributed by atoms with Crippen LogP contribution in [0.5, 0.6) is 0 Å². The van der Waals surface area contributed by atoms with Gasteiger partial charge < -0.3 is 10.6 Å². The van der Waals surface area contributed by atoms with Crippen molar-refractivity contribution in [1.29, 1.82) is 0 Å². The molecule has 0 atom stereocenters. The molecular formula is C21H28N2. The Bertz CT molecular complexity index is 635. The van der Waals surface area contributed by atoms with Crippen molar-refractivity contribution in [1.82, 2.24) is 10.6 Å². The van der Waals surface area contributed by atoms with Gasteiger partial charge in [-0.3, -0.25) is 0 Å². The van der Waals surface area contributed by atoms with Gasteiger partial charge in [0.2, 0.25) is 0 Å². The maximum atomic E-state index is 3.84. The van der Waals surface area contributed by atoms with Crippen LogP contribution in [0.15, 0.2) is 55.3 Å². The lowest BCUT2D eigenvalue weighted by atomic mass is 9.92. The zero-order chi connectivity index (χ0) is 16.7. The van der Waals surface area contributed by atoms with E-state index in [0.717, 1.165) is 32.4 Å². The number of hydrogen-bond acceptors (Lipinski definition) is 2. The fourth-order valence-corrected chi connectivity index (χ4v) is 2.94. The molecule has 1 aliphatic rings. The molecule has 0 bridgehead atoms. The first kappa shape index (κ1) is 17.3. The van der Waals surface area contributed by atoms with E-state index in [9.17, 15) is 0 Å². The van der Waals surface area contributed by atoms with Gasteiger partial charge in [-0.25, -0.2) is 0 Å². The summed E-state index contributed by atoms with van der Waals surface area (Å²) in [5.74, 6) is 0. The van der Waals surface area contributed by atoms with Gasteiger partial charge in [-0.1, -0.05) is 44.7 Å². The fraction of sp³-hybridized carbons (Fsp3) is 0.333. The molecule has 0 spiro atoms. The van der Waals surface area contributed by atoms with E-state index in [2.05, 4.69) is 62.0 Å². The Kier molecular flexibility index (Phi) is 6.42. The second kappa shape index (κ2) is 8.54. The minimum Gasteiger partial charge on any atom is -0.361 e. The molecule has 23 heavy (non-hydrogen) atoms. The molecule has 0 aliphatic carbocycles. The molecule has 0 saturated carbocycles. The second-order valence-electron chi connectivity index (χ2n) is 5.79. The average Bonchev–Trinajstić information content (AvgIpc) is 2.61. The van der Waals surface area contributed by atoms with Crippen LogP contribution >= 0.6 is 0 Å². The highest BCUT2D eigenvalue weighted by Gasteiger charge is 2.13. The maximum absolute atomic E-state index is 3.84. The summed E-state index contributed by atoms with van der Waals surface area (Å²) in [5, 5.41) is 6.87. The monoisotopic (exact) mass is 308 g/mol. The van der Waals surface area contributed by atoms with Crippen molar-refractivity contribution in [3.63, 3.8) is 0 Å². The molecule has 0 unspecified atom stereocenters. The molecule has 2 rings (SSSR count). The van der Waals surface area contributed by atoms with Gasteiger partial charge in [-0.2, -0.15) is 0 Å². The second-order valence-corrected chi connectivity index (χ2v) is 5.79. The topological polar surface area (TPSA) is 24.1 Å². The summed E-state index contributed by atoms with van der Waals surface area (Å²) in [6.07, 6.45) is 11.2. The highest BCUT2D eigenvalue weighted by molar-refractivity contribution is 5.70. The summed E-state index contributed by atoms with van der Waals surface area (Å²) >= 11 is 0. The normalized spacial score (nSPS) is 13.8. The number of dihydropyridines is 1. The fourth-order valence-electron chi connectivity index (χ4n) is 2.94. The first-order chi connectivity index (χ1) is 11.2. The van der Waals surface area contributed by atoms with Crippen molar-refractivity contribution in [2.24, 2.45) is 0 Å². The molecule has 0 saturated heterocycles. The molecule has 0 fully saturated rings. The third-order valence-corrected chi connectivity index (χ3v) is 4.30. The van der Waals surface area contributed by atoms with E-state index in [0.29, 0.717) is 0 Å². The Labute approximate surface area is 140 Å². The maximum Gasteiger partial charge on any atom is 0.0419 e. The lowest BCUT2D eigenvalue weighted by molar-refractivity contribution is 0.756. The SMILES string of the molecule is C=CCNCc1cc(CC)c(CC)cc1C1=CCC(C=C)=CN1. The van der Waals surface area contributed by atoms with E-state index in [4.69, 9.17) is 0 Å². The van der Waals surface area contributed by atoms with Gasteiger partial charge in [0.15, 0.2) is 0 Å². The summed E-state index contributed by atoms with van der Waals surface area (Å²) in [6.45, 7) is 13.8. The zero-order valence-corrected chi connectivity index (χ0v) is 14.4. The lowest BCUT2D eigenvalue weighted by Gasteiger charge is -2.20. The van der Waals surface area contributed by atoms with Crippen LogP contribution in [0.3, 0.4) is 0 Å². The number of benzene rings is 1. The molecule has 2 heteroatoms. The quantitative estimate of drug-likeness (QED) is 0.546. The number of allylic oxidation sites excluding steroid dienone is 3. The smallest absolute Gasteiger partial charge is 0.0419 e. The molecule has 0 aromatic heterocycles. The minimum atomic E-state index is 0.823. The van der Waals surface area contributed by atoms with Crippen LogP contribution in [0.4, 0.5) is 0 Å². The summed E-state index contributed by atoms with van der Waals surface area (Å²) in [5.41, 5.74) is 7.95. The van der Waals surface area contributed by atoms with Crippen molar-refractivity contribution < 1.29 is 0 Å². The first-order valence-corrected chi connectivity index (χ1v) is 8.48. The van der Waals surface area contributed by atoms with Crippen LogP contribution in [0.25, 0.3) is 5.70 Å². The third kappa shape index (κ3) is 4.23. The van der Waals surface area contributed by atoms with Crippen molar-refractivity contribution in [2.75, 3.05) is 6.54 Å². The van der Waals surface area contributed by atoms with Crippen LogP contribution in [0, 0.1) is 0 Å². The Morgan fingerprint density at radius 3 is 2.43 bits per heavy atom. The van der Waals surface area contributed by atoms with Gasteiger partial charge >= 0.3 is 0 Å². The summed E-state index contributed by atoms with van der Waals surface area (Å²) < 4.78 is 0. The van der Waals surface area contributed by atoms with E-state index >= 15 is 0 Å². The molecule has 2 N–H and O–H groups in total. The highest BCUT2D eigenvalue weighted by atomic mass is 14.9. The first-order valence-electron chi connectivity index (χ1n) is 8.48. The van der Waals surface area contributed by atoms with Gasteiger partial charge in [-0.05, 0) is 47.6 Å². The molecule has 1 heterocycles. The Morgan fingerprint density at radius 2 is 1.87 bits per heavy atom. The van der Waals surface area contributed by atoms with Gasteiger partial charge in [0.05, 0.1) is 0 Å². The molecule has 122 valence electrons. The van der Waals surface area contributed by atoms with Crippen LogP contribution < -0.4 is 10.6 Å². The van der Waals surface area contributed by atoms with Crippen LogP contribution in [-0.4, -0.2) is 6.54 Å². The molecule has 0 radical (unpaired) electrons. The molecule has 2 nitrogen and oxygen atoms in total. The van der Waals surface area contributed by atoms with Gasteiger partial charge in [0, 0.05) is 30.5 Å². The van der Waals surface area contributed by atoms with Crippen LogP contribution in [0.1, 0.15) is 42.5 Å². The van der Waals surface area contributed by atoms with Crippen molar-refractivity contribution >= 4 is 5.70 Å². The van der Waals surface area contributed by atoms with E-state index in [1.165, 1.54) is 33.5 Å². The third-order valence-electron chi connectivity index (χ3n) is 4.30. The molecule has 0 amide bonds. The van der Waals surface area contributed by atoms with E-state index in [-0.39, 0.29) is 0 Å². The number of aryl methyl sites for hydroxylation is 2. The molecule has 1 aromatic rings. The Hall–Kier alpha value is -2.06. The largest absolute Gasteiger partial charge is 0.361 e. The number of nitrogens with one attached hydrogen (secondary N) is 2.